The summed E-state index contributed by atoms with van der Waals surface area (Å²) in [5.41, 5.74) is 9.33. The second-order valence-electron chi connectivity index (χ2n) is 19.1. The van der Waals surface area contributed by atoms with E-state index in [1.54, 1.807) is 10.8 Å². The number of carbonyl (C=O) groups is 4. The normalized spacial score (nSPS) is 11.5. The summed E-state index contributed by atoms with van der Waals surface area (Å²) >= 11 is 0. The predicted molar refractivity (Wildman–Crippen MR) is 301 cm³/mol. The average molecular weight is 1090 g/mol. The molecule has 0 heterocycles. The summed E-state index contributed by atoms with van der Waals surface area (Å²) < 4.78 is 44.5. The van der Waals surface area contributed by atoms with Crippen LogP contribution < -0.4 is 24.7 Å². The minimum Gasteiger partial charge on any atom is -0.490 e. The average Bonchev–Trinajstić information content (AvgIpc) is 3.43. The summed E-state index contributed by atoms with van der Waals surface area (Å²) in [5.74, 6) is 3.52. The largest absolute Gasteiger partial charge is 0.490 e. The maximum Gasteiger partial charge on any atom is 0.307 e. The molecule has 0 radical (unpaired) electrons. The van der Waals surface area contributed by atoms with Crippen molar-refractivity contribution in [2.75, 3.05) is 97.1 Å². The third-order valence-corrected chi connectivity index (χ3v) is 15.1. The monoisotopic (exact) mass is 1090 g/mol. The minimum atomic E-state index is -0.354. The molecule has 4 aromatic rings. The molecule has 0 amide bonds. The highest BCUT2D eigenvalue weighted by Gasteiger charge is 2.25. The Labute approximate surface area is 458 Å². The number of esters is 4. The van der Waals surface area contributed by atoms with E-state index >= 15 is 0 Å². The lowest BCUT2D eigenvalue weighted by atomic mass is 9.78. The van der Waals surface area contributed by atoms with Gasteiger partial charge >= 0.3 is 23.9 Å². The van der Waals surface area contributed by atoms with Crippen molar-refractivity contribution in [2.24, 2.45) is 5.73 Å². The molecule has 3 N–H and O–H groups in total. The summed E-state index contributed by atoms with van der Waals surface area (Å²) in [7, 11) is 3.63. The lowest BCUT2D eigenvalue weighted by molar-refractivity contribution is -0.146. The first-order valence-electron chi connectivity index (χ1n) is 26.5. The van der Waals surface area contributed by atoms with E-state index in [1.165, 1.54) is 6.92 Å². The molecular formula is C59H82N2O13S2. The molecule has 0 aliphatic rings. The number of unbranched alkanes of at least 4 members (excludes halogenated alkanes) is 4. The molecule has 4 aromatic carbocycles. The highest BCUT2D eigenvalue weighted by atomic mass is 33.1. The van der Waals surface area contributed by atoms with Crippen LogP contribution in [0.15, 0.2) is 97.1 Å². The number of aliphatic hydroxyl groups is 1. The van der Waals surface area contributed by atoms with Crippen molar-refractivity contribution in [1.29, 1.82) is 0 Å². The number of ether oxygens (including phenoxy) is 8. The summed E-state index contributed by atoms with van der Waals surface area (Å²) in [6.07, 6.45) is 5.98. The van der Waals surface area contributed by atoms with Gasteiger partial charge in [-0.25, -0.2) is 0 Å². The molecule has 0 spiro atoms. The standard InChI is InChI=1S/C59H82N2O13S2/c1-46(63)67-36-37-68-51-21-13-47(14-22-51)58(2,3)49-17-25-53(26-18-49)70-39-42-73-56(65)29-33-61(32-9-7-10-35-62)34-30-57(66)74-43-40-71-54-27-19-50(20-28-54)59(4,5)48-15-23-52(24-16-48)69-38-41-72-55(64)12-8-6-11-44-75-76-45-31-60/h13-28,62H,6-12,29-45,60H2,1-5H3. The van der Waals surface area contributed by atoms with Crippen molar-refractivity contribution in [3.8, 4) is 23.0 Å². The molecule has 0 fully saturated rings. The first-order valence-corrected chi connectivity index (χ1v) is 29.0. The zero-order valence-electron chi connectivity index (χ0n) is 45.4. The number of hydrogen-bond donors (Lipinski definition) is 2. The zero-order chi connectivity index (χ0) is 54.9. The van der Waals surface area contributed by atoms with Crippen LogP contribution in [0.3, 0.4) is 0 Å². The van der Waals surface area contributed by atoms with E-state index in [4.69, 9.17) is 43.6 Å². The summed E-state index contributed by atoms with van der Waals surface area (Å²) in [6.45, 7) is 13.8. The first-order chi connectivity index (χ1) is 36.7. The Kier molecular flexibility index (Phi) is 29.7. The first kappa shape index (κ1) is 63.1. The number of hydrogen-bond acceptors (Lipinski definition) is 17. The van der Waals surface area contributed by atoms with E-state index in [0.29, 0.717) is 62.0 Å². The van der Waals surface area contributed by atoms with Crippen LogP contribution in [0.25, 0.3) is 0 Å². The van der Waals surface area contributed by atoms with Gasteiger partial charge < -0.3 is 53.6 Å². The van der Waals surface area contributed by atoms with Crippen LogP contribution in [0, 0.1) is 0 Å². The Hall–Kier alpha value is -5.46. The highest BCUT2D eigenvalue weighted by Crippen LogP contribution is 2.35. The summed E-state index contributed by atoms with van der Waals surface area (Å²) in [5, 5.41) is 9.25. The van der Waals surface area contributed by atoms with Crippen LogP contribution >= 0.6 is 21.6 Å². The van der Waals surface area contributed by atoms with E-state index in [0.717, 1.165) is 65.9 Å². The van der Waals surface area contributed by atoms with E-state index in [2.05, 4.69) is 32.6 Å². The van der Waals surface area contributed by atoms with Crippen molar-refractivity contribution < 1.29 is 62.2 Å². The van der Waals surface area contributed by atoms with Crippen molar-refractivity contribution in [1.82, 2.24) is 4.90 Å². The van der Waals surface area contributed by atoms with Gasteiger partial charge in [-0.05, 0) is 109 Å². The molecule has 76 heavy (non-hydrogen) atoms. The van der Waals surface area contributed by atoms with Gasteiger partial charge in [0.2, 0.25) is 0 Å². The second-order valence-corrected chi connectivity index (χ2v) is 21.8. The molecule has 0 aliphatic heterocycles. The Bertz CT molecular complexity index is 2260. The van der Waals surface area contributed by atoms with Crippen LogP contribution in [-0.4, -0.2) is 131 Å². The smallest absolute Gasteiger partial charge is 0.307 e. The van der Waals surface area contributed by atoms with Crippen molar-refractivity contribution in [3.05, 3.63) is 119 Å². The second kappa shape index (κ2) is 35.8. The van der Waals surface area contributed by atoms with Crippen LogP contribution in [0.2, 0.25) is 0 Å². The quantitative estimate of drug-likeness (QED) is 0.0185. The Morgan fingerprint density at radius 2 is 0.803 bits per heavy atom. The fraction of sp³-hybridized carbons (Fsp3) is 0.525. The van der Waals surface area contributed by atoms with E-state index in [9.17, 15) is 24.3 Å². The van der Waals surface area contributed by atoms with Crippen molar-refractivity contribution in [3.63, 3.8) is 0 Å². The molecule has 0 aliphatic carbocycles. The third kappa shape index (κ3) is 24.7. The van der Waals surface area contributed by atoms with Gasteiger partial charge in [-0.2, -0.15) is 0 Å². The molecule has 0 atom stereocenters. The van der Waals surface area contributed by atoms with Crippen LogP contribution in [0.1, 0.15) is 115 Å². The molecule has 0 saturated heterocycles. The lowest BCUT2D eigenvalue weighted by Gasteiger charge is -2.26. The van der Waals surface area contributed by atoms with Gasteiger partial charge in [-0.15, -0.1) is 0 Å². The van der Waals surface area contributed by atoms with E-state index in [1.807, 2.05) is 108 Å². The molecule has 418 valence electrons. The van der Waals surface area contributed by atoms with Gasteiger partial charge in [0.15, 0.2) is 0 Å². The molecule has 0 unspecified atom stereocenters. The number of nitrogens with two attached hydrogens (primary N) is 1. The molecule has 15 nitrogen and oxygen atoms in total. The van der Waals surface area contributed by atoms with Gasteiger partial charge in [0.1, 0.15) is 75.9 Å². The summed E-state index contributed by atoms with van der Waals surface area (Å²) in [6, 6.07) is 31.5. The molecule has 4 rings (SSSR count). The van der Waals surface area contributed by atoms with Gasteiger partial charge in [0, 0.05) is 61.9 Å². The fourth-order valence-electron chi connectivity index (χ4n) is 7.94. The van der Waals surface area contributed by atoms with Crippen LogP contribution in [0.5, 0.6) is 23.0 Å². The lowest BCUT2D eigenvalue weighted by Crippen LogP contribution is -2.31. The topological polar surface area (TPSA) is 192 Å². The SMILES string of the molecule is CC(=O)OCCOc1ccc(C(C)(C)c2ccc(OCCOC(=O)CCN(CCCCCO)CCC(=O)OCCOc3ccc(C(C)(C)c4ccc(OCCOC(=O)CCCCCSSCCN)cc4)cc3)cc2)cc1. The number of benzene rings is 4. The Morgan fingerprint density at radius 1 is 0.447 bits per heavy atom. The molecule has 0 bridgehead atoms. The van der Waals surface area contributed by atoms with Gasteiger partial charge in [-0.3, -0.25) is 19.2 Å². The van der Waals surface area contributed by atoms with E-state index in [-0.39, 0.29) is 107 Å². The number of rotatable bonds is 40. The van der Waals surface area contributed by atoms with Gasteiger partial charge in [0.05, 0.1) is 12.8 Å². The van der Waals surface area contributed by atoms with Crippen LogP contribution in [0.4, 0.5) is 0 Å². The maximum absolute atomic E-state index is 12.8. The maximum atomic E-state index is 12.8. The Balaban J connectivity index is 1.09. The van der Waals surface area contributed by atoms with Crippen LogP contribution in [-0.2, 0) is 49.0 Å². The molecular weight excluding hydrogens is 1010 g/mol. The minimum absolute atomic E-state index is 0.0962. The molecule has 17 heteroatoms. The molecule has 0 aromatic heterocycles. The Morgan fingerprint density at radius 3 is 1.17 bits per heavy atom. The zero-order valence-corrected chi connectivity index (χ0v) is 47.0. The number of carbonyl (C=O) groups excluding carboxylic acids is 4. The van der Waals surface area contributed by atoms with Gasteiger partial charge in [-0.1, -0.05) is 104 Å². The number of nitrogens with zero attached hydrogens (tertiary/aromatic N) is 1. The van der Waals surface area contributed by atoms with Crippen molar-refractivity contribution >= 4 is 45.5 Å². The van der Waals surface area contributed by atoms with Gasteiger partial charge in [0.25, 0.3) is 0 Å². The van der Waals surface area contributed by atoms with E-state index < -0.39 is 0 Å². The predicted octanol–water partition coefficient (Wildman–Crippen LogP) is 9.89. The van der Waals surface area contributed by atoms with Crippen molar-refractivity contribution in [2.45, 2.75) is 103 Å². The number of aliphatic hydroxyl groups excluding tert-OH is 1. The summed E-state index contributed by atoms with van der Waals surface area (Å²) in [4.78, 5) is 50.6. The molecule has 0 saturated carbocycles. The third-order valence-electron chi connectivity index (χ3n) is 12.6. The highest BCUT2D eigenvalue weighted by molar-refractivity contribution is 8.76. The fourth-order valence-corrected chi connectivity index (χ4v) is 9.95.